The summed E-state index contributed by atoms with van der Waals surface area (Å²) >= 11 is 0. The molecule has 0 radical (unpaired) electrons. The third kappa shape index (κ3) is 1.99. The number of rotatable bonds is 1. The normalized spacial score (nSPS) is 56.2. The van der Waals surface area contributed by atoms with Crippen LogP contribution in [0.5, 0.6) is 0 Å². The Balaban J connectivity index is 1.49. The number of ketones is 1. The van der Waals surface area contributed by atoms with Gasteiger partial charge in [-0.1, -0.05) is 19.9 Å². The molecule has 25 heavy (non-hydrogen) atoms. The zero-order valence-electron chi connectivity index (χ0n) is 15.4. The Bertz CT molecular complexity index is 666. The number of allylic oxidation sites excluding steroid dienone is 2. The number of aliphatic carboxylic acids is 1. The van der Waals surface area contributed by atoms with E-state index in [0.29, 0.717) is 41.3 Å². The Morgan fingerprint density at radius 2 is 1.76 bits per heavy atom. The van der Waals surface area contributed by atoms with Crippen molar-refractivity contribution in [2.75, 3.05) is 0 Å². The van der Waals surface area contributed by atoms with Crippen LogP contribution in [0.4, 0.5) is 0 Å². The predicted molar refractivity (Wildman–Crippen MR) is 94.7 cm³/mol. The van der Waals surface area contributed by atoms with Crippen molar-refractivity contribution < 1.29 is 14.7 Å². The van der Waals surface area contributed by atoms with Crippen LogP contribution < -0.4 is 0 Å². The van der Waals surface area contributed by atoms with Gasteiger partial charge in [0.2, 0.25) is 0 Å². The van der Waals surface area contributed by atoms with E-state index in [1.165, 1.54) is 12.8 Å². The van der Waals surface area contributed by atoms with E-state index in [1.807, 2.05) is 6.08 Å². The third-order valence-electron chi connectivity index (χ3n) is 9.47. The lowest BCUT2D eigenvalue weighted by Gasteiger charge is -2.58. The number of carbonyl (C=O) groups is 2. The topological polar surface area (TPSA) is 54.4 Å². The number of hydrogen-bond acceptors (Lipinski definition) is 2. The average Bonchev–Trinajstić information content (AvgIpc) is 3.27. The lowest BCUT2D eigenvalue weighted by molar-refractivity contribution is -0.150. The molecule has 0 spiro atoms. The van der Waals surface area contributed by atoms with Gasteiger partial charge in [-0.25, -0.2) is 0 Å². The molecule has 0 heterocycles. The number of carboxylic acid groups (broad SMARTS) is 1. The monoisotopic (exact) mass is 342 g/mol. The van der Waals surface area contributed by atoms with Crippen molar-refractivity contribution in [3.8, 4) is 0 Å². The first-order chi connectivity index (χ1) is 11.9. The fourth-order valence-corrected chi connectivity index (χ4v) is 8.12. The molecule has 5 aliphatic carbocycles. The number of fused-ring (bicyclic) bond motifs is 7. The van der Waals surface area contributed by atoms with Crippen molar-refractivity contribution in [3.63, 3.8) is 0 Å². The molecule has 5 aliphatic rings. The smallest absolute Gasteiger partial charge is 0.307 e. The van der Waals surface area contributed by atoms with Gasteiger partial charge in [-0.2, -0.15) is 0 Å². The largest absolute Gasteiger partial charge is 0.481 e. The summed E-state index contributed by atoms with van der Waals surface area (Å²) in [5.41, 5.74) is 0.139. The molecule has 8 unspecified atom stereocenters. The van der Waals surface area contributed by atoms with Crippen molar-refractivity contribution in [1.29, 1.82) is 0 Å². The number of hydrogen-bond donors (Lipinski definition) is 1. The summed E-state index contributed by atoms with van der Waals surface area (Å²) in [6.45, 7) is 4.68. The first kappa shape index (κ1) is 16.1. The molecule has 136 valence electrons. The van der Waals surface area contributed by atoms with Crippen LogP contribution in [0.2, 0.25) is 0 Å². The first-order valence-corrected chi connectivity index (χ1v) is 10.3. The summed E-state index contributed by atoms with van der Waals surface area (Å²) in [5, 5.41) is 9.71. The van der Waals surface area contributed by atoms with Crippen LogP contribution in [0.1, 0.15) is 58.8 Å². The van der Waals surface area contributed by atoms with E-state index in [1.54, 1.807) is 0 Å². The van der Waals surface area contributed by atoms with E-state index in [-0.39, 0.29) is 16.7 Å². The molecular formula is C22H30O3. The summed E-state index contributed by atoms with van der Waals surface area (Å²) in [5.74, 6) is 3.10. The molecule has 4 fully saturated rings. The molecule has 0 bridgehead atoms. The molecule has 5 rings (SSSR count). The number of carboxylic acids is 1. The van der Waals surface area contributed by atoms with Gasteiger partial charge in [0.1, 0.15) is 0 Å². The highest BCUT2D eigenvalue weighted by Gasteiger charge is 2.63. The van der Waals surface area contributed by atoms with Gasteiger partial charge >= 0.3 is 5.97 Å². The van der Waals surface area contributed by atoms with Crippen LogP contribution in [-0.4, -0.2) is 16.9 Å². The number of carbonyl (C=O) groups excluding carboxylic acids is 1. The highest BCUT2D eigenvalue weighted by atomic mass is 16.4. The highest BCUT2D eigenvalue weighted by molar-refractivity contribution is 5.94. The molecule has 0 saturated heterocycles. The Hall–Kier alpha value is -1.12. The van der Waals surface area contributed by atoms with E-state index >= 15 is 0 Å². The van der Waals surface area contributed by atoms with Crippen molar-refractivity contribution in [2.24, 2.45) is 52.3 Å². The van der Waals surface area contributed by atoms with E-state index in [4.69, 9.17) is 0 Å². The van der Waals surface area contributed by atoms with Gasteiger partial charge in [0, 0.05) is 5.92 Å². The minimum absolute atomic E-state index is 0.0113. The highest BCUT2D eigenvalue weighted by Crippen LogP contribution is 2.69. The van der Waals surface area contributed by atoms with Crippen LogP contribution in [-0.2, 0) is 9.59 Å². The van der Waals surface area contributed by atoms with Crippen LogP contribution in [0.25, 0.3) is 0 Å². The Kier molecular flexibility index (Phi) is 3.21. The third-order valence-corrected chi connectivity index (χ3v) is 9.47. The summed E-state index contributed by atoms with van der Waals surface area (Å²) < 4.78 is 0. The second-order valence-electron chi connectivity index (χ2n) is 10.2. The van der Waals surface area contributed by atoms with E-state index in [9.17, 15) is 14.7 Å². The van der Waals surface area contributed by atoms with Gasteiger partial charge in [0.15, 0.2) is 5.78 Å². The first-order valence-electron chi connectivity index (χ1n) is 10.3. The minimum Gasteiger partial charge on any atom is -0.481 e. The summed E-state index contributed by atoms with van der Waals surface area (Å²) in [6.07, 6.45) is 11.9. The van der Waals surface area contributed by atoms with Crippen molar-refractivity contribution >= 4 is 11.8 Å². The van der Waals surface area contributed by atoms with Gasteiger partial charge in [-0.15, -0.1) is 0 Å². The van der Waals surface area contributed by atoms with Gasteiger partial charge in [0.25, 0.3) is 0 Å². The lowest BCUT2D eigenvalue weighted by atomic mass is 9.46. The van der Waals surface area contributed by atoms with E-state index in [0.717, 1.165) is 32.1 Å². The molecule has 4 saturated carbocycles. The standard InChI is InChI=1S/C22H30O3/c1-21-10-8-19(23)14-11-13(14)16(21)4-3-12-15-5-6-18(20(24)25)22(15,2)9-7-17(12)21/h8,10,12-18H,3-7,9,11H2,1-2H3,(H,24,25)/t12?,13?,14?,15?,16-,17?,18?,21?,22?/m0/s1. The predicted octanol–water partition coefficient (Wildman–Crippen LogP) is 4.32. The molecule has 0 aromatic carbocycles. The molecule has 0 aromatic heterocycles. The molecule has 0 aliphatic heterocycles. The van der Waals surface area contributed by atoms with Gasteiger partial charge in [-0.3, -0.25) is 9.59 Å². The van der Waals surface area contributed by atoms with Crippen LogP contribution in [0.15, 0.2) is 12.2 Å². The van der Waals surface area contributed by atoms with Gasteiger partial charge < -0.3 is 5.11 Å². The van der Waals surface area contributed by atoms with Crippen LogP contribution in [0, 0.1) is 52.3 Å². The zero-order chi connectivity index (χ0) is 17.6. The van der Waals surface area contributed by atoms with Crippen LogP contribution >= 0.6 is 0 Å². The quantitative estimate of drug-likeness (QED) is 0.772. The molecule has 0 aromatic rings. The molecule has 9 atom stereocenters. The maximum absolute atomic E-state index is 12.3. The maximum Gasteiger partial charge on any atom is 0.307 e. The summed E-state index contributed by atoms with van der Waals surface area (Å²) in [7, 11) is 0. The fraction of sp³-hybridized carbons (Fsp3) is 0.818. The molecule has 3 nitrogen and oxygen atoms in total. The van der Waals surface area contributed by atoms with E-state index in [2.05, 4.69) is 19.9 Å². The average molecular weight is 342 g/mol. The van der Waals surface area contributed by atoms with Crippen molar-refractivity contribution in [1.82, 2.24) is 0 Å². The van der Waals surface area contributed by atoms with Crippen LogP contribution in [0.3, 0.4) is 0 Å². The van der Waals surface area contributed by atoms with Gasteiger partial charge in [0.05, 0.1) is 5.92 Å². The summed E-state index contributed by atoms with van der Waals surface area (Å²) in [6, 6.07) is 0. The van der Waals surface area contributed by atoms with E-state index < -0.39 is 5.97 Å². The molecule has 1 N–H and O–H groups in total. The molecule has 3 heteroatoms. The second-order valence-corrected chi connectivity index (χ2v) is 10.2. The SMILES string of the molecule is CC12CCC3C(CC[C@H]4C5CC5C(=O)C=CC34C)C1CCC2C(=O)O. The van der Waals surface area contributed by atoms with Crippen molar-refractivity contribution in [3.05, 3.63) is 12.2 Å². The Morgan fingerprint density at radius 1 is 1.04 bits per heavy atom. The minimum atomic E-state index is -0.580. The maximum atomic E-state index is 12.3. The van der Waals surface area contributed by atoms with Gasteiger partial charge in [-0.05, 0) is 91.4 Å². The Labute approximate surface area is 150 Å². The van der Waals surface area contributed by atoms with Crippen molar-refractivity contribution in [2.45, 2.75) is 58.8 Å². The zero-order valence-corrected chi connectivity index (χ0v) is 15.4. The molecular weight excluding hydrogens is 312 g/mol. The fourth-order valence-electron chi connectivity index (χ4n) is 8.12. The Morgan fingerprint density at radius 3 is 2.52 bits per heavy atom. The molecule has 0 amide bonds. The second kappa shape index (κ2) is 4.98. The lowest BCUT2D eigenvalue weighted by Crippen LogP contribution is -2.52. The summed E-state index contributed by atoms with van der Waals surface area (Å²) in [4.78, 5) is 24.1.